The molecule has 2 aromatic rings. The van der Waals surface area contributed by atoms with Crippen LogP contribution in [0.3, 0.4) is 0 Å². The standard InChI is InChI=1S/C15H17ClN2O2/c1-3-20-15(19)13-5-4-12(14(16)10-13)6-8-18-9-7-17-11(18)2/h4-5,7,9-10H,3,6,8H2,1-2H3. The number of esters is 1. The molecule has 5 heteroatoms. The number of carbonyl (C=O) groups excluding carboxylic acids is 1. The van der Waals surface area contributed by atoms with Crippen molar-refractivity contribution >= 4 is 17.6 Å². The summed E-state index contributed by atoms with van der Waals surface area (Å²) in [5.74, 6) is 0.635. The zero-order valence-corrected chi connectivity index (χ0v) is 12.4. The summed E-state index contributed by atoms with van der Waals surface area (Å²) >= 11 is 6.22. The highest BCUT2D eigenvalue weighted by Crippen LogP contribution is 2.20. The van der Waals surface area contributed by atoms with Crippen LogP contribution in [0.1, 0.15) is 28.7 Å². The minimum Gasteiger partial charge on any atom is -0.462 e. The second-order valence-electron chi connectivity index (χ2n) is 4.44. The van der Waals surface area contributed by atoms with E-state index >= 15 is 0 Å². The summed E-state index contributed by atoms with van der Waals surface area (Å²) in [4.78, 5) is 15.8. The number of benzene rings is 1. The third-order valence-electron chi connectivity index (χ3n) is 3.11. The summed E-state index contributed by atoms with van der Waals surface area (Å²) in [6, 6.07) is 5.29. The highest BCUT2D eigenvalue weighted by molar-refractivity contribution is 6.31. The van der Waals surface area contributed by atoms with Crippen molar-refractivity contribution in [2.24, 2.45) is 0 Å². The van der Waals surface area contributed by atoms with Gasteiger partial charge in [0.2, 0.25) is 0 Å². The minimum absolute atomic E-state index is 0.341. The van der Waals surface area contributed by atoms with Gasteiger partial charge in [0.25, 0.3) is 0 Å². The number of carbonyl (C=O) groups is 1. The fraction of sp³-hybridized carbons (Fsp3) is 0.333. The largest absolute Gasteiger partial charge is 0.462 e. The summed E-state index contributed by atoms with van der Waals surface area (Å²) < 4.78 is 7.01. The number of imidazole rings is 1. The van der Waals surface area contributed by atoms with Crippen molar-refractivity contribution in [3.05, 3.63) is 52.6 Å². The van der Waals surface area contributed by atoms with Crippen molar-refractivity contribution in [1.82, 2.24) is 9.55 Å². The highest BCUT2D eigenvalue weighted by atomic mass is 35.5. The van der Waals surface area contributed by atoms with Crippen LogP contribution in [-0.2, 0) is 17.7 Å². The predicted molar refractivity (Wildman–Crippen MR) is 78.1 cm³/mol. The van der Waals surface area contributed by atoms with Gasteiger partial charge in [-0.15, -0.1) is 0 Å². The number of ether oxygens (including phenoxy) is 1. The molecule has 0 unspecified atom stereocenters. The van der Waals surface area contributed by atoms with Gasteiger partial charge in [-0.3, -0.25) is 0 Å². The molecule has 0 radical (unpaired) electrons. The third-order valence-corrected chi connectivity index (χ3v) is 3.46. The maximum Gasteiger partial charge on any atom is 0.338 e. The van der Waals surface area contributed by atoms with E-state index < -0.39 is 0 Å². The fourth-order valence-corrected chi connectivity index (χ4v) is 2.25. The van der Waals surface area contributed by atoms with Crippen LogP contribution in [0.15, 0.2) is 30.6 Å². The number of aromatic nitrogens is 2. The Bertz CT molecular complexity index is 608. The molecule has 0 aliphatic carbocycles. The average molecular weight is 293 g/mol. The second kappa shape index (κ2) is 6.57. The molecule has 1 aromatic carbocycles. The summed E-state index contributed by atoms with van der Waals surface area (Å²) in [5, 5.41) is 0.591. The van der Waals surface area contributed by atoms with E-state index in [9.17, 15) is 4.79 Å². The van der Waals surface area contributed by atoms with Crippen LogP contribution in [0.4, 0.5) is 0 Å². The molecule has 20 heavy (non-hydrogen) atoms. The Balaban J connectivity index is 2.06. The zero-order chi connectivity index (χ0) is 14.5. The van der Waals surface area contributed by atoms with Crippen molar-refractivity contribution < 1.29 is 9.53 Å². The van der Waals surface area contributed by atoms with Gasteiger partial charge in [0.15, 0.2) is 0 Å². The van der Waals surface area contributed by atoms with Gasteiger partial charge in [0.05, 0.1) is 12.2 Å². The summed E-state index contributed by atoms with van der Waals surface area (Å²) in [7, 11) is 0. The van der Waals surface area contributed by atoms with E-state index in [1.165, 1.54) is 0 Å². The number of hydrogen-bond acceptors (Lipinski definition) is 3. The molecule has 0 spiro atoms. The first-order chi connectivity index (χ1) is 9.61. The molecule has 0 aliphatic heterocycles. The quantitative estimate of drug-likeness (QED) is 0.795. The lowest BCUT2D eigenvalue weighted by atomic mass is 10.1. The first-order valence-electron chi connectivity index (χ1n) is 6.55. The van der Waals surface area contributed by atoms with E-state index in [4.69, 9.17) is 16.3 Å². The molecule has 106 valence electrons. The lowest BCUT2D eigenvalue weighted by Crippen LogP contribution is -2.06. The summed E-state index contributed by atoms with van der Waals surface area (Å²) in [6.45, 7) is 4.91. The van der Waals surface area contributed by atoms with Crippen molar-refractivity contribution in [2.75, 3.05) is 6.61 Å². The molecule has 0 amide bonds. The Morgan fingerprint density at radius 3 is 2.85 bits per heavy atom. The van der Waals surface area contributed by atoms with E-state index in [0.717, 1.165) is 24.4 Å². The lowest BCUT2D eigenvalue weighted by Gasteiger charge is -2.08. The average Bonchev–Trinajstić information content (AvgIpc) is 2.83. The Labute approximate surface area is 123 Å². The van der Waals surface area contributed by atoms with Crippen LogP contribution in [0.5, 0.6) is 0 Å². The molecule has 0 saturated carbocycles. The predicted octanol–water partition coefficient (Wildman–Crippen LogP) is 3.26. The van der Waals surface area contributed by atoms with E-state index in [1.807, 2.05) is 19.2 Å². The maximum atomic E-state index is 11.6. The molecular formula is C15H17ClN2O2. The number of halogens is 1. The molecule has 4 nitrogen and oxygen atoms in total. The van der Waals surface area contributed by atoms with Crippen LogP contribution in [-0.4, -0.2) is 22.1 Å². The molecule has 0 atom stereocenters. The minimum atomic E-state index is -0.341. The van der Waals surface area contributed by atoms with Crippen LogP contribution in [0.2, 0.25) is 5.02 Å². The van der Waals surface area contributed by atoms with Crippen molar-refractivity contribution in [1.29, 1.82) is 0 Å². The number of nitrogens with zero attached hydrogens (tertiary/aromatic N) is 2. The van der Waals surface area contributed by atoms with Gasteiger partial charge in [-0.1, -0.05) is 17.7 Å². The van der Waals surface area contributed by atoms with Gasteiger partial charge in [-0.05, 0) is 38.0 Å². The van der Waals surface area contributed by atoms with Crippen LogP contribution in [0, 0.1) is 6.92 Å². The lowest BCUT2D eigenvalue weighted by molar-refractivity contribution is 0.0526. The van der Waals surface area contributed by atoms with Crippen LogP contribution in [0.25, 0.3) is 0 Å². The van der Waals surface area contributed by atoms with Gasteiger partial charge in [-0.25, -0.2) is 9.78 Å². The highest BCUT2D eigenvalue weighted by Gasteiger charge is 2.09. The molecule has 1 aromatic heterocycles. The van der Waals surface area contributed by atoms with E-state index in [0.29, 0.717) is 17.2 Å². The zero-order valence-electron chi connectivity index (χ0n) is 11.6. The van der Waals surface area contributed by atoms with E-state index in [2.05, 4.69) is 9.55 Å². The number of aryl methyl sites for hydroxylation is 3. The number of rotatable bonds is 5. The third kappa shape index (κ3) is 3.39. The van der Waals surface area contributed by atoms with Gasteiger partial charge in [0.1, 0.15) is 5.82 Å². The number of hydrogen-bond donors (Lipinski definition) is 0. The summed E-state index contributed by atoms with van der Waals surface area (Å²) in [6.07, 6.45) is 4.51. The van der Waals surface area contributed by atoms with Gasteiger partial charge >= 0.3 is 5.97 Å². The monoisotopic (exact) mass is 292 g/mol. The Morgan fingerprint density at radius 1 is 1.45 bits per heavy atom. The van der Waals surface area contributed by atoms with E-state index in [-0.39, 0.29) is 5.97 Å². The first-order valence-corrected chi connectivity index (χ1v) is 6.93. The first kappa shape index (κ1) is 14.6. The van der Waals surface area contributed by atoms with Crippen LogP contribution < -0.4 is 0 Å². The molecular weight excluding hydrogens is 276 g/mol. The molecule has 1 heterocycles. The van der Waals surface area contributed by atoms with Gasteiger partial charge in [-0.2, -0.15) is 0 Å². The Morgan fingerprint density at radius 2 is 2.25 bits per heavy atom. The van der Waals surface area contributed by atoms with Gasteiger partial charge in [0, 0.05) is 24.0 Å². The molecule has 0 bridgehead atoms. The smallest absolute Gasteiger partial charge is 0.338 e. The van der Waals surface area contributed by atoms with Crippen LogP contribution >= 0.6 is 11.6 Å². The molecule has 0 aliphatic rings. The van der Waals surface area contributed by atoms with Gasteiger partial charge < -0.3 is 9.30 Å². The second-order valence-corrected chi connectivity index (χ2v) is 4.85. The van der Waals surface area contributed by atoms with Crippen molar-refractivity contribution in [2.45, 2.75) is 26.8 Å². The molecule has 2 rings (SSSR count). The Hall–Kier alpha value is -1.81. The topological polar surface area (TPSA) is 44.1 Å². The maximum absolute atomic E-state index is 11.6. The fourth-order valence-electron chi connectivity index (χ4n) is 1.97. The van der Waals surface area contributed by atoms with Crippen molar-refractivity contribution in [3.8, 4) is 0 Å². The summed E-state index contributed by atoms with van der Waals surface area (Å²) in [5.41, 5.74) is 1.49. The van der Waals surface area contributed by atoms with Crippen molar-refractivity contribution in [3.63, 3.8) is 0 Å². The molecule has 0 N–H and O–H groups in total. The molecule has 0 fully saturated rings. The molecule has 0 saturated heterocycles. The van der Waals surface area contributed by atoms with E-state index in [1.54, 1.807) is 25.3 Å². The Kier molecular flexibility index (Phi) is 4.79. The SMILES string of the molecule is CCOC(=O)c1ccc(CCn2ccnc2C)c(Cl)c1. The normalized spacial score (nSPS) is 10.6.